The number of hydrogen-bond donors (Lipinski definition) is 2. The number of carbonyl (C=O) groups is 2. The molecule has 0 radical (unpaired) electrons. The third-order valence-electron chi connectivity index (χ3n) is 3.16. The normalized spacial score (nSPS) is 12.2. The molecule has 132 valence electrons. The monoisotopic (exact) mass is 382 g/mol. The van der Waals surface area contributed by atoms with Crippen LogP contribution in [0.2, 0.25) is 5.02 Å². The van der Waals surface area contributed by atoms with Gasteiger partial charge >= 0.3 is 5.97 Å². The summed E-state index contributed by atoms with van der Waals surface area (Å²) in [4.78, 5) is 22.8. The average Bonchev–Trinajstić information content (AvgIpc) is 2.56. The van der Waals surface area contributed by atoms with Gasteiger partial charge in [-0.05, 0) is 49.4 Å². The highest BCUT2D eigenvalue weighted by Gasteiger charge is 2.20. The minimum atomic E-state index is -3.92. The molecule has 9 heteroatoms. The number of halogens is 1. The van der Waals surface area contributed by atoms with Crippen LogP contribution in [0.5, 0.6) is 0 Å². The van der Waals surface area contributed by atoms with E-state index < -0.39 is 28.0 Å². The molecule has 0 fully saturated rings. The molecule has 0 heterocycles. The summed E-state index contributed by atoms with van der Waals surface area (Å²) in [7, 11) is -3.92. The Morgan fingerprint density at radius 2 is 1.80 bits per heavy atom. The molecule has 0 spiro atoms. The molecule has 3 N–H and O–H groups in total. The highest BCUT2D eigenvalue weighted by Crippen LogP contribution is 2.19. The number of rotatable bonds is 6. The first-order valence-corrected chi connectivity index (χ1v) is 8.94. The van der Waals surface area contributed by atoms with Crippen molar-refractivity contribution in [3.05, 3.63) is 59.1 Å². The Labute approximate surface area is 149 Å². The van der Waals surface area contributed by atoms with Crippen LogP contribution in [-0.4, -0.2) is 26.4 Å². The Morgan fingerprint density at radius 1 is 1.16 bits per heavy atom. The molecule has 2 aromatic carbocycles. The van der Waals surface area contributed by atoms with Crippen molar-refractivity contribution < 1.29 is 22.7 Å². The van der Waals surface area contributed by atoms with Crippen LogP contribution in [-0.2, 0) is 19.6 Å². The molecule has 2 rings (SSSR count). The van der Waals surface area contributed by atoms with Crippen LogP contribution in [0, 0.1) is 0 Å². The number of nitrogens with two attached hydrogens (primary N) is 1. The minimum Gasteiger partial charge on any atom is -0.449 e. The van der Waals surface area contributed by atoms with Gasteiger partial charge in [-0.15, -0.1) is 0 Å². The smallest absolute Gasteiger partial charge is 0.338 e. The van der Waals surface area contributed by atoms with Gasteiger partial charge < -0.3 is 10.5 Å². The van der Waals surface area contributed by atoms with Gasteiger partial charge in [0.25, 0.3) is 15.9 Å². The lowest BCUT2D eigenvalue weighted by Gasteiger charge is -2.11. The van der Waals surface area contributed by atoms with Crippen molar-refractivity contribution in [2.75, 3.05) is 4.72 Å². The van der Waals surface area contributed by atoms with E-state index in [1.165, 1.54) is 37.3 Å². The maximum atomic E-state index is 12.4. The van der Waals surface area contributed by atoms with E-state index >= 15 is 0 Å². The molecular weight excluding hydrogens is 368 g/mol. The fourth-order valence-corrected chi connectivity index (χ4v) is 3.04. The molecule has 0 saturated heterocycles. The van der Waals surface area contributed by atoms with Gasteiger partial charge in [-0.3, -0.25) is 9.52 Å². The maximum Gasteiger partial charge on any atom is 0.338 e. The van der Waals surface area contributed by atoms with Gasteiger partial charge in [0.15, 0.2) is 6.10 Å². The van der Waals surface area contributed by atoms with E-state index in [1.807, 2.05) is 0 Å². The standard InChI is InChI=1S/C16H15ClN2O5S/c1-10(15(18)20)24-16(21)11-3-2-4-14(9-11)25(22,23)19-13-7-5-12(17)6-8-13/h2-10,19H,1H3,(H2,18,20). The molecule has 2 aromatic rings. The van der Waals surface area contributed by atoms with E-state index in [2.05, 4.69) is 4.72 Å². The van der Waals surface area contributed by atoms with Gasteiger partial charge in [0.1, 0.15) is 0 Å². The Bertz CT molecular complexity index is 897. The molecule has 0 saturated carbocycles. The molecule has 0 aromatic heterocycles. The molecule has 0 bridgehead atoms. The molecule has 25 heavy (non-hydrogen) atoms. The molecule has 1 amide bonds. The quantitative estimate of drug-likeness (QED) is 0.743. The largest absolute Gasteiger partial charge is 0.449 e. The SMILES string of the molecule is CC(OC(=O)c1cccc(S(=O)(=O)Nc2ccc(Cl)cc2)c1)C(N)=O. The maximum absolute atomic E-state index is 12.4. The molecule has 0 aliphatic carbocycles. The lowest BCUT2D eigenvalue weighted by atomic mass is 10.2. The second-order valence-corrected chi connectivity index (χ2v) is 7.21. The Balaban J connectivity index is 2.23. The molecule has 1 unspecified atom stereocenters. The molecule has 1 atom stereocenters. The van der Waals surface area contributed by atoms with Crippen molar-refractivity contribution >= 4 is 39.2 Å². The fraction of sp³-hybridized carbons (Fsp3) is 0.125. The lowest BCUT2D eigenvalue weighted by molar-refractivity contribution is -0.125. The number of esters is 1. The van der Waals surface area contributed by atoms with Gasteiger partial charge in [-0.2, -0.15) is 0 Å². The highest BCUT2D eigenvalue weighted by molar-refractivity contribution is 7.92. The Hall–Kier alpha value is -2.58. The summed E-state index contributed by atoms with van der Waals surface area (Å²) < 4.78 is 32.1. The topological polar surface area (TPSA) is 116 Å². The first-order valence-electron chi connectivity index (χ1n) is 7.08. The van der Waals surface area contributed by atoms with E-state index in [-0.39, 0.29) is 10.5 Å². The molecule has 7 nitrogen and oxygen atoms in total. The zero-order chi connectivity index (χ0) is 18.6. The van der Waals surface area contributed by atoms with Crippen molar-refractivity contribution in [3.63, 3.8) is 0 Å². The number of sulfonamides is 1. The van der Waals surface area contributed by atoms with Crippen LogP contribution >= 0.6 is 11.6 Å². The molecule has 0 aliphatic heterocycles. The summed E-state index contributed by atoms with van der Waals surface area (Å²) in [6, 6.07) is 11.3. The van der Waals surface area contributed by atoms with Crippen molar-refractivity contribution in [3.8, 4) is 0 Å². The first kappa shape index (κ1) is 18.8. The van der Waals surface area contributed by atoms with Gasteiger partial charge in [0.2, 0.25) is 0 Å². The number of ether oxygens (including phenoxy) is 1. The number of anilines is 1. The van der Waals surface area contributed by atoms with E-state index in [1.54, 1.807) is 12.1 Å². The predicted molar refractivity (Wildman–Crippen MR) is 92.8 cm³/mol. The number of nitrogens with one attached hydrogen (secondary N) is 1. The summed E-state index contributed by atoms with van der Waals surface area (Å²) in [5, 5.41) is 0.469. The number of amides is 1. The van der Waals surface area contributed by atoms with Crippen LogP contribution in [0.1, 0.15) is 17.3 Å². The van der Waals surface area contributed by atoms with Gasteiger partial charge in [-0.1, -0.05) is 17.7 Å². The second kappa shape index (κ2) is 7.54. The number of primary amides is 1. The summed E-state index contributed by atoms with van der Waals surface area (Å²) in [6.45, 7) is 1.32. The zero-order valence-electron chi connectivity index (χ0n) is 13.1. The third kappa shape index (κ3) is 4.94. The lowest BCUT2D eigenvalue weighted by Crippen LogP contribution is -2.30. The fourth-order valence-electron chi connectivity index (χ4n) is 1.81. The minimum absolute atomic E-state index is 0.0212. The number of benzene rings is 2. The first-order chi connectivity index (χ1) is 11.7. The molecule has 0 aliphatic rings. The summed E-state index contributed by atoms with van der Waals surface area (Å²) in [6.07, 6.45) is -1.13. The van der Waals surface area contributed by atoms with Crippen molar-refractivity contribution in [1.82, 2.24) is 0 Å². The molecular formula is C16H15ClN2O5S. The third-order valence-corrected chi connectivity index (χ3v) is 4.79. The average molecular weight is 383 g/mol. The highest BCUT2D eigenvalue weighted by atomic mass is 35.5. The van der Waals surface area contributed by atoms with E-state index in [9.17, 15) is 18.0 Å². The van der Waals surface area contributed by atoms with Crippen molar-refractivity contribution in [2.45, 2.75) is 17.9 Å². The van der Waals surface area contributed by atoms with Crippen LogP contribution in [0.25, 0.3) is 0 Å². The van der Waals surface area contributed by atoms with Crippen molar-refractivity contribution in [1.29, 1.82) is 0 Å². The number of hydrogen-bond acceptors (Lipinski definition) is 5. The van der Waals surface area contributed by atoms with Crippen LogP contribution in [0.15, 0.2) is 53.4 Å². The Kier molecular flexibility index (Phi) is 5.66. The summed E-state index contributed by atoms with van der Waals surface area (Å²) in [5.41, 5.74) is 5.32. The van der Waals surface area contributed by atoms with E-state index in [4.69, 9.17) is 22.1 Å². The van der Waals surface area contributed by atoms with E-state index in [0.717, 1.165) is 6.07 Å². The zero-order valence-corrected chi connectivity index (χ0v) is 14.7. The summed E-state index contributed by atoms with van der Waals surface area (Å²) in [5.74, 6) is -1.66. The van der Waals surface area contributed by atoms with Gasteiger partial charge in [0, 0.05) is 10.7 Å². The number of carbonyl (C=O) groups excluding carboxylic acids is 2. The summed E-state index contributed by atoms with van der Waals surface area (Å²) >= 11 is 5.76. The van der Waals surface area contributed by atoms with Gasteiger partial charge in [0.05, 0.1) is 10.5 Å². The van der Waals surface area contributed by atoms with Crippen molar-refractivity contribution in [2.24, 2.45) is 5.73 Å². The van der Waals surface area contributed by atoms with Crippen LogP contribution < -0.4 is 10.5 Å². The Morgan fingerprint density at radius 3 is 2.40 bits per heavy atom. The van der Waals surface area contributed by atoms with Gasteiger partial charge in [-0.25, -0.2) is 13.2 Å². The van der Waals surface area contributed by atoms with Crippen LogP contribution in [0.3, 0.4) is 0 Å². The predicted octanol–water partition coefficient (Wildman–Crippen LogP) is 2.17. The second-order valence-electron chi connectivity index (χ2n) is 5.09. The van der Waals surface area contributed by atoms with E-state index in [0.29, 0.717) is 10.7 Å². The van der Waals surface area contributed by atoms with Crippen LogP contribution in [0.4, 0.5) is 5.69 Å².